The van der Waals surface area contributed by atoms with Gasteiger partial charge in [0.1, 0.15) is 0 Å². The Bertz CT molecular complexity index is 1130. The number of rotatable bonds is 4. The van der Waals surface area contributed by atoms with E-state index in [1.165, 1.54) is 0 Å². The summed E-state index contributed by atoms with van der Waals surface area (Å²) >= 11 is 5.94. The van der Waals surface area contributed by atoms with Gasteiger partial charge in [0.05, 0.1) is 12.2 Å². The summed E-state index contributed by atoms with van der Waals surface area (Å²) in [4.78, 5) is 20.1. The molecule has 0 aliphatic carbocycles. The summed E-state index contributed by atoms with van der Waals surface area (Å²) in [7, 11) is 0. The van der Waals surface area contributed by atoms with Gasteiger partial charge in [-0.1, -0.05) is 16.8 Å². The molecule has 29 heavy (non-hydrogen) atoms. The van der Waals surface area contributed by atoms with E-state index in [1.807, 2.05) is 42.6 Å². The second-order valence-electron chi connectivity index (χ2n) is 6.88. The molecule has 4 aromatic rings. The van der Waals surface area contributed by atoms with Crippen molar-refractivity contribution in [2.45, 2.75) is 19.5 Å². The zero-order valence-electron chi connectivity index (χ0n) is 15.5. The minimum atomic E-state index is 0.569. The Labute approximate surface area is 172 Å². The molecule has 0 bridgehead atoms. The van der Waals surface area contributed by atoms with Crippen LogP contribution in [0.3, 0.4) is 0 Å². The standard InChI is InChI=1S/C21H17ClN6O/c22-17-3-1-14(2-4-17)21-26-19(29-27-21)13-28-10-7-18-16(12-28)11-24-20(25-18)15-5-8-23-9-6-15/h1-6,8-9,11H,7,10,12-13H2. The maximum atomic E-state index is 5.94. The molecular formula is C21H17ClN6O. The maximum absolute atomic E-state index is 5.94. The lowest BCUT2D eigenvalue weighted by Crippen LogP contribution is -2.31. The van der Waals surface area contributed by atoms with Crippen molar-refractivity contribution in [1.29, 1.82) is 0 Å². The van der Waals surface area contributed by atoms with Gasteiger partial charge in [0.15, 0.2) is 5.82 Å². The summed E-state index contributed by atoms with van der Waals surface area (Å²) in [6, 6.07) is 11.2. The van der Waals surface area contributed by atoms with Crippen molar-refractivity contribution < 1.29 is 4.52 Å². The first-order valence-electron chi connectivity index (χ1n) is 9.31. The van der Waals surface area contributed by atoms with Crippen LogP contribution in [-0.2, 0) is 19.5 Å². The van der Waals surface area contributed by atoms with E-state index < -0.39 is 0 Å². The Morgan fingerprint density at radius 2 is 1.76 bits per heavy atom. The van der Waals surface area contributed by atoms with Crippen LogP contribution in [0.15, 0.2) is 59.5 Å². The SMILES string of the molecule is Clc1ccc(-c2noc(CN3CCc4nc(-c5ccncc5)ncc4C3)n2)cc1. The fourth-order valence-corrected chi connectivity index (χ4v) is 3.50. The average molecular weight is 405 g/mol. The molecule has 0 radical (unpaired) electrons. The molecular weight excluding hydrogens is 388 g/mol. The summed E-state index contributed by atoms with van der Waals surface area (Å²) in [5, 5.41) is 4.76. The molecule has 0 saturated carbocycles. The molecule has 0 fully saturated rings. The van der Waals surface area contributed by atoms with Crippen LogP contribution in [0.2, 0.25) is 5.02 Å². The van der Waals surface area contributed by atoms with Crippen molar-refractivity contribution in [2.24, 2.45) is 0 Å². The zero-order valence-corrected chi connectivity index (χ0v) is 16.3. The molecule has 0 N–H and O–H groups in total. The van der Waals surface area contributed by atoms with E-state index in [0.29, 0.717) is 23.3 Å². The van der Waals surface area contributed by atoms with Crippen LogP contribution in [0.1, 0.15) is 17.1 Å². The van der Waals surface area contributed by atoms with Gasteiger partial charge in [0, 0.05) is 59.8 Å². The van der Waals surface area contributed by atoms with Gasteiger partial charge in [-0.05, 0) is 36.4 Å². The van der Waals surface area contributed by atoms with Gasteiger partial charge in [-0.15, -0.1) is 0 Å². The molecule has 0 saturated heterocycles. The van der Waals surface area contributed by atoms with E-state index in [2.05, 4.69) is 25.0 Å². The Hall–Kier alpha value is -3.16. The molecule has 144 valence electrons. The van der Waals surface area contributed by atoms with Crippen LogP contribution in [0.25, 0.3) is 22.8 Å². The van der Waals surface area contributed by atoms with E-state index in [9.17, 15) is 0 Å². The molecule has 1 aromatic carbocycles. The second kappa shape index (κ2) is 7.69. The van der Waals surface area contributed by atoms with E-state index in [4.69, 9.17) is 21.1 Å². The molecule has 5 rings (SSSR count). The minimum Gasteiger partial charge on any atom is -0.338 e. The predicted octanol–water partition coefficient (Wildman–Crippen LogP) is 3.80. The van der Waals surface area contributed by atoms with E-state index in [0.717, 1.165) is 47.7 Å². The molecule has 0 amide bonds. The highest BCUT2D eigenvalue weighted by atomic mass is 35.5. The van der Waals surface area contributed by atoms with Crippen molar-refractivity contribution in [3.63, 3.8) is 0 Å². The molecule has 0 spiro atoms. The third-order valence-electron chi connectivity index (χ3n) is 4.88. The lowest BCUT2D eigenvalue weighted by atomic mass is 10.1. The van der Waals surface area contributed by atoms with Gasteiger partial charge in [0.25, 0.3) is 0 Å². The summed E-state index contributed by atoms with van der Waals surface area (Å²) in [6.07, 6.45) is 6.27. The molecule has 1 aliphatic heterocycles. The molecule has 0 atom stereocenters. The molecule has 4 heterocycles. The van der Waals surface area contributed by atoms with Gasteiger partial charge in [-0.25, -0.2) is 9.97 Å². The highest BCUT2D eigenvalue weighted by molar-refractivity contribution is 6.30. The third kappa shape index (κ3) is 3.87. The van der Waals surface area contributed by atoms with Crippen LogP contribution in [-0.4, -0.2) is 36.5 Å². The Morgan fingerprint density at radius 1 is 0.966 bits per heavy atom. The number of hydrogen-bond donors (Lipinski definition) is 0. The smallest absolute Gasteiger partial charge is 0.241 e. The minimum absolute atomic E-state index is 0.569. The number of hydrogen-bond acceptors (Lipinski definition) is 7. The topological polar surface area (TPSA) is 80.8 Å². The average Bonchev–Trinajstić information content (AvgIpc) is 3.23. The van der Waals surface area contributed by atoms with Gasteiger partial charge in [-0.3, -0.25) is 9.88 Å². The summed E-state index contributed by atoms with van der Waals surface area (Å²) in [5.74, 6) is 1.90. The summed E-state index contributed by atoms with van der Waals surface area (Å²) < 4.78 is 5.44. The van der Waals surface area contributed by atoms with Crippen LogP contribution in [0.4, 0.5) is 0 Å². The van der Waals surface area contributed by atoms with Crippen molar-refractivity contribution in [2.75, 3.05) is 6.54 Å². The Morgan fingerprint density at radius 3 is 2.59 bits per heavy atom. The van der Waals surface area contributed by atoms with E-state index in [-0.39, 0.29) is 0 Å². The second-order valence-corrected chi connectivity index (χ2v) is 7.32. The number of fused-ring (bicyclic) bond motifs is 1. The van der Waals surface area contributed by atoms with E-state index in [1.54, 1.807) is 12.4 Å². The number of halogens is 1. The van der Waals surface area contributed by atoms with Crippen molar-refractivity contribution in [3.8, 4) is 22.8 Å². The monoisotopic (exact) mass is 404 g/mol. The van der Waals surface area contributed by atoms with Crippen molar-refractivity contribution >= 4 is 11.6 Å². The lowest BCUT2D eigenvalue weighted by Gasteiger charge is -2.26. The van der Waals surface area contributed by atoms with Crippen molar-refractivity contribution in [3.05, 3.63) is 77.2 Å². The maximum Gasteiger partial charge on any atom is 0.241 e. The number of aromatic nitrogens is 5. The molecule has 1 aliphatic rings. The highest BCUT2D eigenvalue weighted by Gasteiger charge is 2.21. The quantitative estimate of drug-likeness (QED) is 0.511. The molecule has 3 aromatic heterocycles. The number of nitrogens with zero attached hydrogens (tertiary/aromatic N) is 6. The van der Waals surface area contributed by atoms with Gasteiger partial charge < -0.3 is 4.52 Å². The summed E-state index contributed by atoms with van der Waals surface area (Å²) in [5.41, 5.74) is 4.08. The summed E-state index contributed by atoms with van der Waals surface area (Å²) in [6.45, 7) is 2.22. The van der Waals surface area contributed by atoms with Crippen LogP contribution in [0, 0.1) is 0 Å². The zero-order chi connectivity index (χ0) is 19.6. The Kier molecular flexibility index (Phi) is 4.75. The number of pyridine rings is 1. The fourth-order valence-electron chi connectivity index (χ4n) is 3.38. The molecule has 8 heteroatoms. The van der Waals surface area contributed by atoms with Crippen LogP contribution in [0.5, 0.6) is 0 Å². The van der Waals surface area contributed by atoms with E-state index >= 15 is 0 Å². The Balaban J connectivity index is 1.29. The number of benzene rings is 1. The fraction of sp³-hybridized carbons (Fsp3) is 0.190. The van der Waals surface area contributed by atoms with Crippen molar-refractivity contribution in [1.82, 2.24) is 30.0 Å². The first-order valence-corrected chi connectivity index (χ1v) is 9.68. The highest BCUT2D eigenvalue weighted by Crippen LogP contribution is 2.23. The normalized spacial score (nSPS) is 14.0. The van der Waals surface area contributed by atoms with Gasteiger partial charge in [0.2, 0.25) is 11.7 Å². The largest absolute Gasteiger partial charge is 0.338 e. The van der Waals surface area contributed by atoms with Crippen LogP contribution < -0.4 is 0 Å². The molecule has 0 unspecified atom stereocenters. The first kappa shape index (κ1) is 17.9. The predicted molar refractivity (Wildman–Crippen MR) is 108 cm³/mol. The van der Waals surface area contributed by atoms with Gasteiger partial charge >= 0.3 is 0 Å². The van der Waals surface area contributed by atoms with Crippen LogP contribution >= 0.6 is 11.6 Å². The van der Waals surface area contributed by atoms with Gasteiger partial charge in [-0.2, -0.15) is 4.98 Å². The lowest BCUT2D eigenvalue weighted by molar-refractivity contribution is 0.209. The third-order valence-corrected chi connectivity index (χ3v) is 5.13. The molecule has 7 nitrogen and oxygen atoms in total. The first-order chi connectivity index (χ1) is 14.2.